The number of ether oxygens (including phenoxy) is 2. The molecular formula is C25H24Br2O4. The molecule has 4 nitrogen and oxygen atoms in total. The number of hydrogen-bond donors (Lipinski definition) is 0. The van der Waals surface area contributed by atoms with Gasteiger partial charge in [0.05, 0.1) is 13.2 Å². The summed E-state index contributed by atoms with van der Waals surface area (Å²) in [6.07, 6.45) is 5.34. The summed E-state index contributed by atoms with van der Waals surface area (Å²) in [6.45, 7) is 7.54. The Morgan fingerprint density at radius 3 is 1.61 bits per heavy atom. The molecule has 2 aromatic carbocycles. The van der Waals surface area contributed by atoms with Crippen LogP contribution in [0.25, 0.3) is 11.1 Å². The Morgan fingerprint density at radius 2 is 1.23 bits per heavy atom. The molecule has 0 saturated heterocycles. The van der Waals surface area contributed by atoms with Crippen LogP contribution in [0.5, 0.6) is 0 Å². The van der Waals surface area contributed by atoms with Crippen LogP contribution in [0.2, 0.25) is 0 Å². The summed E-state index contributed by atoms with van der Waals surface area (Å²) in [5, 5.41) is 0. The average molecular weight is 548 g/mol. The summed E-state index contributed by atoms with van der Waals surface area (Å²) in [5.41, 5.74) is 4.60. The molecule has 0 bridgehead atoms. The molecule has 31 heavy (non-hydrogen) atoms. The van der Waals surface area contributed by atoms with E-state index >= 15 is 0 Å². The van der Waals surface area contributed by atoms with E-state index in [0.29, 0.717) is 26.1 Å². The molecule has 0 atom stereocenters. The van der Waals surface area contributed by atoms with Crippen molar-refractivity contribution in [3.05, 3.63) is 81.8 Å². The van der Waals surface area contributed by atoms with Gasteiger partial charge in [-0.1, -0.05) is 57.2 Å². The van der Waals surface area contributed by atoms with E-state index in [0.717, 1.165) is 21.8 Å². The second-order valence-electron chi connectivity index (χ2n) is 7.41. The Bertz CT molecular complexity index is 931. The average Bonchev–Trinajstić information content (AvgIpc) is 3.02. The maximum Gasteiger partial charge on any atom is 0.330 e. The van der Waals surface area contributed by atoms with Crippen LogP contribution >= 0.6 is 31.9 Å². The minimum Gasteiger partial charge on any atom is -0.463 e. The number of rotatable bonds is 10. The second-order valence-corrected chi connectivity index (χ2v) is 9.24. The van der Waals surface area contributed by atoms with Crippen LogP contribution in [0.15, 0.2) is 70.7 Å². The first kappa shape index (κ1) is 23.5. The Kier molecular flexibility index (Phi) is 7.89. The SMILES string of the molecule is C=CC(=O)OCCCC1(CCCOC(=O)C=C)c2cc(Br)ccc2-c2ccc(Br)cc21. The molecule has 162 valence electrons. The predicted octanol–water partition coefficient (Wildman–Crippen LogP) is 6.50. The van der Waals surface area contributed by atoms with Gasteiger partial charge in [-0.15, -0.1) is 0 Å². The lowest BCUT2D eigenvalue weighted by atomic mass is 9.71. The molecule has 0 unspecified atom stereocenters. The van der Waals surface area contributed by atoms with Crippen LogP contribution in [0.1, 0.15) is 36.8 Å². The van der Waals surface area contributed by atoms with Crippen molar-refractivity contribution in [3.8, 4) is 11.1 Å². The number of halogens is 2. The number of carbonyl (C=O) groups is 2. The topological polar surface area (TPSA) is 52.6 Å². The van der Waals surface area contributed by atoms with Crippen molar-refractivity contribution >= 4 is 43.8 Å². The van der Waals surface area contributed by atoms with Gasteiger partial charge in [-0.2, -0.15) is 0 Å². The molecule has 0 fully saturated rings. The van der Waals surface area contributed by atoms with E-state index in [4.69, 9.17) is 9.47 Å². The van der Waals surface area contributed by atoms with Crippen molar-refractivity contribution in [2.45, 2.75) is 31.1 Å². The lowest BCUT2D eigenvalue weighted by Gasteiger charge is -2.33. The van der Waals surface area contributed by atoms with E-state index in [-0.39, 0.29) is 5.41 Å². The Hall–Kier alpha value is -2.18. The van der Waals surface area contributed by atoms with Crippen molar-refractivity contribution in [1.82, 2.24) is 0 Å². The lowest BCUT2D eigenvalue weighted by Crippen LogP contribution is -2.27. The first-order valence-corrected chi connectivity index (χ1v) is 11.7. The number of esters is 2. The number of fused-ring (bicyclic) bond motifs is 3. The third-order valence-electron chi connectivity index (χ3n) is 5.60. The van der Waals surface area contributed by atoms with Gasteiger partial charge >= 0.3 is 11.9 Å². The number of carbonyl (C=O) groups excluding carboxylic acids is 2. The van der Waals surface area contributed by atoms with Gasteiger partial charge in [0.25, 0.3) is 0 Å². The third-order valence-corrected chi connectivity index (χ3v) is 6.59. The fraction of sp³-hybridized carbons (Fsp3) is 0.280. The molecule has 3 rings (SSSR count). The third kappa shape index (κ3) is 5.18. The van der Waals surface area contributed by atoms with Crippen molar-refractivity contribution in [3.63, 3.8) is 0 Å². The molecule has 0 N–H and O–H groups in total. The van der Waals surface area contributed by atoms with Gasteiger partial charge < -0.3 is 9.47 Å². The molecule has 0 radical (unpaired) electrons. The zero-order valence-electron chi connectivity index (χ0n) is 17.2. The van der Waals surface area contributed by atoms with E-state index in [9.17, 15) is 9.59 Å². The Labute approximate surface area is 199 Å². The van der Waals surface area contributed by atoms with E-state index in [1.54, 1.807) is 0 Å². The highest BCUT2D eigenvalue weighted by Crippen LogP contribution is 2.54. The number of benzene rings is 2. The number of hydrogen-bond acceptors (Lipinski definition) is 4. The molecular weight excluding hydrogens is 524 g/mol. The van der Waals surface area contributed by atoms with Gasteiger partial charge in [-0.25, -0.2) is 9.59 Å². The van der Waals surface area contributed by atoms with E-state index in [2.05, 4.69) is 81.4 Å². The van der Waals surface area contributed by atoms with Gasteiger partial charge in [0.15, 0.2) is 0 Å². The lowest BCUT2D eigenvalue weighted by molar-refractivity contribution is -0.138. The minimum atomic E-state index is -0.414. The molecule has 6 heteroatoms. The van der Waals surface area contributed by atoms with Crippen molar-refractivity contribution in [1.29, 1.82) is 0 Å². The van der Waals surface area contributed by atoms with Crippen LogP contribution in [0, 0.1) is 0 Å². The normalized spacial score (nSPS) is 13.1. The fourth-order valence-electron chi connectivity index (χ4n) is 4.31. The molecule has 0 spiro atoms. The smallest absolute Gasteiger partial charge is 0.330 e. The van der Waals surface area contributed by atoms with Crippen molar-refractivity contribution in [2.24, 2.45) is 0 Å². The largest absolute Gasteiger partial charge is 0.463 e. The van der Waals surface area contributed by atoms with Gasteiger partial charge in [-0.05, 0) is 72.2 Å². The summed E-state index contributed by atoms with van der Waals surface area (Å²) in [5.74, 6) is -0.828. The van der Waals surface area contributed by atoms with Crippen LogP contribution < -0.4 is 0 Å². The van der Waals surface area contributed by atoms with Crippen molar-refractivity contribution < 1.29 is 19.1 Å². The Morgan fingerprint density at radius 1 is 0.806 bits per heavy atom. The minimum absolute atomic E-state index is 0.278. The van der Waals surface area contributed by atoms with Gasteiger partial charge in [0, 0.05) is 26.5 Å². The van der Waals surface area contributed by atoms with Crippen LogP contribution in [0.4, 0.5) is 0 Å². The van der Waals surface area contributed by atoms with E-state index in [1.165, 1.54) is 34.4 Å². The fourth-order valence-corrected chi connectivity index (χ4v) is 5.04. The summed E-state index contributed by atoms with van der Waals surface area (Å²) in [7, 11) is 0. The first-order valence-electron chi connectivity index (χ1n) is 10.1. The molecule has 0 saturated carbocycles. The maximum atomic E-state index is 11.5. The molecule has 0 aromatic heterocycles. The molecule has 1 aliphatic carbocycles. The second kappa shape index (κ2) is 10.4. The zero-order valence-corrected chi connectivity index (χ0v) is 20.3. The highest BCUT2D eigenvalue weighted by Gasteiger charge is 2.42. The molecule has 1 aliphatic rings. The highest BCUT2D eigenvalue weighted by molar-refractivity contribution is 9.10. The summed E-state index contributed by atoms with van der Waals surface area (Å²) in [6, 6.07) is 12.7. The molecule has 2 aromatic rings. The molecule has 0 aliphatic heterocycles. The standard InChI is InChI=1S/C25H24Br2O4/c1-3-23(28)30-13-5-11-25(12-6-14-31-24(29)4-2)21-15-17(26)7-9-19(21)20-10-8-18(27)16-22(20)25/h3-4,7-10,15-16H,1-2,5-6,11-14H2. The quantitative estimate of drug-likeness (QED) is 0.193. The van der Waals surface area contributed by atoms with Crippen molar-refractivity contribution in [2.75, 3.05) is 13.2 Å². The van der Waals surface area contributed by atoms with E-state index in [1.807, 2.05) is 0 Å². The van der Waals surface area contributed by atoms with Gasteiger partial charge in [0.1, 0.15) is 0 Å². The molecule has 0 amide bonds. The van der Waals surface area contributed by atoms with Gasteiger partial charge in [-0.3, -0.25) is 0 Å². The summed E-state index contributed by atoms with van der Waals surface area (Å²) < 4.78 is 12.5. The van der Waals surface area contributed by atoms with Crippen LogP contribution in [-0.4, -0.2) is 25.2 Å². The summed E-state index contributed by atoms with van der Waals surface area (Å²) >= 11 is 7.25. The zero-order chi connectivity index (χ0) is 22.4. The summed E-state index contributed by atoms with van der Waals surface area (Å²) in [4.78, 5) is 22.9. The van der Waals surface area contributed by atoms with E-state index < -0.39 is 11.9 Å². The monoisotopic (exact) mass is 546 g/mol. The first-order chi connectivity index (χ1) is 14.9. The van der Waals surface area contributed by atoms with Crippen LogP contribution in [0.3, 0.4) is 0 Å². The highest BCUT2D eigenvalue weighted by atomic mass is 79.9. The van der Waals surface area contributed by atoms with Gasteiger partial charge in [0.2, 0.25) is 0 Å². The predicted molar refractivity (Wildman–Crippen MR) is 129 cm³/mol. The van der Waals surface area contributed by atoms with Crippen LogP contribution in [-0.2, 0) is 24.5 Å². The Balaban J connectivity index is 1.95. The molecule has 0 heterocycles. The maximum absolute atomic E-state index is 11.5.